The molecule has 0 bridgehead atoms. The highest BCUT2D eigenvalue weighted by atomic mass is 16.5. The molecule has 1 unspecified atom stereocenters. The highest BCUT2D eigenvalue weighted by Gasteiger charge is 2.15. The van der Waals surface area contributed by atoms with Crippen LogP contribution in [0.5, 0.6) is 11.5 Å². The van der Waals surface area contributed by atoms with E-state index in [9.17, 15) is 0 Å². The van der Waals surface area contributed by atoms with Crippen LogP contribution in [0.25, 0.3) is 22.3 Å². The van der Waals surface area contributed by atoms with Crippen molar-refractivity contribution in [3.63, 3.8) is 0 Å². The van der Waals surface area contributed by atoms with Gasteiger partial charge in [-0.3, -0.25) is 5.10 Å². The smallest absolute Gasteiger partial charge is 0.129 e. The lowest BCUT2D eigenvalue weighted by Gasteiger charge is -2.12. The molecule has 1 aliphatic heterocycles. The third-order valence-electron chi connectivity index (χ3n) is 5.07. The largest absolute Gasteiger partial charge is 0.457 e. The van der Waals surface area contributed by atoms with E-state index in [2.05, 4.69) is 31.1 Å². The maximum atomic E-state index is 6.01. The molecule has 0 spiro atoms. The van der Waals surface area contributed by atoms with Crippen molar-refractivity contribution in [2.24, 2.45) is 0 Å². The van der Waals surface area contributed by atoms with E-state index in [1.165, 1.54) is 12.8 Å². The van der Waals surface area contributed by atoms with E-state index in [1.807, 2.05) is 48.8 Å². The van der Waals surface area contributed by atoms with Gasteiger partial charge in [-0.2, -0.15) is 5.10 Å². The van der Waals surface area contributed by atoms with Crippen LogP contribution in [0.1, 0.15) is 12.8 Å². The second kappa shape index (κ2) is 6.89. The minimum atomic E-state index is 0.548. The van der Waals surface area contributed by atoms with E-state index in [0.717, 1.165) is 46.9 Å². The minimum absolute atomic E-state index is 0.548. The minimum Gasteiger partial charge on any atom is -0.457 e. The molecule has 1 fully saturated rings. The van der Waals surface area contributed by atoms with Gasteiger partial charge in [-0.25, -0.2) is 4.98 Å². The van der Waals surface area contributed by atoms with E-state index in [1.54, 1.807) is 6.20 Å². The van der Waals surface area contributed by atoms with E-state index < -0.39 is 0 Å². The van der Waals surface area contributed by atoms with Crippen molar-refractivity contribution in [1.29, 1.82) is 0 Å². The standard InChI is InChI=1S/C21H21N5O/c1-2-16(22-10-1)13-26-14-23-20-12-18(7-8-21(20)26)27-17-5-3-15(4-6-17)19-9-11-24-25-19/h3-9,11-12,14,16,22H,1-2,10,13H2,(H,24,25). The van der Waals surface area contributed by atoms with Crippen LogP contribution >= 0.6 is 0 Å². The van der Waals surface area contributed by atoms with Crippen molar-refractivity contribution in [2.45, 2.75) is 25.4 Å². The molecule has 136 valence electrons. The Morgan fingerprint density at radius 2 is 1.96 bits per heavy atom. The van der Waals surface area contributed by atoms with Crippen LogP contribution in [-0.4, -0.2) is 32.3 Å². The molecular weight excluding hydrogens is 338 g/mol. The fourth-order valence-corrected chi connectivity index (χ4v) is 3.66. The summed E-state index contributed by atoms with van der Waals surface area (Å²) in [5.74, 6) is 1.59. The SMILES string of the molecule is c1cc(-c2ccc(Oc3ccc4c(c3)ncn4CC3CCCN3)cc2)[nH]n1. The van der Waals surface area contributed by atoms with Crippen LogP contribution in [0.4, 0.5) is 0 Å². The summed E-state index contributed by atoms with van der Waals surface area (Å²) in [6.07, 6.45) is 6.16. The molecular formula is C21H21N5O. The lowest BCUT2D eigenvalue weighted by Crippen LogP contribution is -2.26. The first-order chi connectivity index (χ1) is 13.3. The molecule has 2 aromatic carbocycles. The van der Waals surface area contributed by atoms with E-state index in [0.29, 0.717) is 6.04 Å². The van der Waals surface area contributed by atoms with Crippen LogP contribution in [-0.2, 0) is 6.54 Å². The molecule has 0 amide bonds. The maximum absolute atomic E-state index is 6.01. The molecule has 6 nitrogen and oxygen atoms in total. The Kier molecular flexibility index (Phi) is 4.10. The zero-order chi connectivity index (χ0) is 18.1. The molecule has 0 saturated carbocycles. The predicted octanol–water partition coefficient (Wildman–Crippen LogP) is 3.97. The molecule has 3 heterocycles. The van der Waals surface area contributed by atoms with Gasteiger partial charge in [0.1, 0.15) is 11.5 Å². The molecule has 2 N–H and O–H groups in total. The third-order valence-corrected chi connectivity index (χ3v) is 5.07. The number of rotatable bonds is 5. The van der Waals surface area contributed by atoms with Crippen LogP contribution in [0.2, 0.25) is 0 Å². The molecule has 1 saturated heterocycles. The van der Waals surface area contributed by atoms with Crippen LogP contribution in [0.3, 0.4) is 0 Å². The highest BCUT2D eigenvalue weighted by molar-refractivity contribution is 5.77. The topological polar surface area (TPSA) is 67.8 Å². The average molecular weight is 359 g/mol. The fraction of sp³-hybridized carbons (Fsp3) is 0.238. The molecule has 4 aromatic rings. The molecule has 0 radical (unpaired) electrons. The van der Waals surface area contributed by atoms with Gasteiger partial charge in [-0.05, 0) is 67.4 Å². The van der Waals surface area contributed by atoms with Crippen molar-refractivity contribution in [2.75, 3.05) is 6.54 Å². The quantitative estimate of drug-likeness (QED) is 0.566. The Labute approximate surface area is 157 Å². The van der Waals surface area contributed by atoms with Crippen molar-refractivity contribution in [1.82, 2.24) is 25.1 Å². The average Bonchev–Trinajstić information content (AvgIpc) is 3.45. The maximum Gasteiger partial charge on any atom is 0.129 e. The summed E-state index contributed by atoms with van der Waals surface area (Å²) in [6.45, 7) is 2.08. The molecule has 27 heavy (non-hydrogen) atoms. The molecule has 1 aliphatic rings. The number of nitrogens with zero attached hydrogens (tertiary/aromatic N) is 3. The number of nitrogens with one attached hydrogen (secondary N) is 2. The van der Waals surface area contributed by atoms with Gasteiger partial charge >= 0.3 is 0 Å². The summed E-state index contributed by atoms with van der Waals surface area (Å²) in [7, 11) is 0. The second-order valence-electron chi connectivity index (χ2n) is 6.94. The van der Waals surface area contributed by atoms with Gasteiger partial charge in [0.2, 0.25) is 0 Å². The summed E-state index contributed by atoms with van der Waals surface area (Å²) in [5.41, 5.74) is 4.17. The first-order valence-electron chi connectivity index (χ1n) is 9.31. The Balaban J connectivity index is 1.33. The Morgan fingerprint density at radius 1 is 1.07 bits per heavy atom. The first kappa shape index (κ1) is 16.1. The summed E-state index contributed by atoms with van der Waals surface area (Å²) in [6, 6.07) is 16.5. The van der Waals surface area contributed by atoms with Gasteiger partial charge in [0.15, 0.2) is 0 Å². The number of H-pyrrole nitrogens is 1. The Morgan fingerprint density at radius 3 is 2.74 bits per heavy atom. The highest BCUT2D eigenvalue weighted by Crippen LogP contribution is 2.27. The van der Waals surface area contributed by atoms with E-state index >= 15 is 0 Å². The van der Waals surface area contributed by atoms with E-state index in [4.69, 9.17) is 4.74 Å². The van der Waals surface area contributed by atoms with Gasteiger partial charge in [-0.1, -0.05) is 0 Å². The van der Waals surface area contributed by atoms with Gasteiger partial charge < -0.3 is 14.6 Å². The number of imidazole rings is 1. The van der Waals surface area contributed by atoms with Gasteiger partial charge in [0.05, 0.1) is 23.1 Å². The number of benzene rings is 2. The number of hydrogen-bond acceptors (Lipinski definition) is 4. The number of hydrogen-bond donors (Lipinski definition) is 2. The van der Waals surface area contributed by atoms with Crippen molar-refractivity contribution in [3.05, 3.63) is 61.1 Å². The molecule has 2 aromatic heterocycles. The monoisotopic (exact) mass is 359 g/mol. The summed E-state index contributed by atoms with van der Waals surface area (Å²) in [4.78, 5) is 4.55. The van der Waals surface area contributed by atoms with Gasteiger partial charge in [0.25, 0.3) is 0 Å². The summed E-state index contributed by atoms with van der Waals surface area (Å²) >= 11 is 0. The van der Waals surface area contributed by atoms with Crippen LogP contribution in [0.15, 0.2) is 61.1 Å². The zero-order valence-electron chi connectivity index (χ0n) is 14.9. The summed E-state index contributed by atoms with van der Waals surface area (Å²) < 4.78 is 8.24. The first-order valence-corrected chi connectivity index (χ1v) is 9.31. The molecule has 6 heteroatoms. The Bertz CT molecular complexity index is 1030. The van der Waals surface area contributed by atoms with Crippen molar-refractivity contribution in [3.8, 4) is 22.8 Å². The van der Waals surface area contributed by atoms with Gasteiger partial charge in [-0.15, -0.1) is 0 Å². The summed E-state index contributed by atoms with van der Waals surface area (Å²) in [5, 5.41) is 10.5. The zero-order valence-corrected chi connectivity index (χ0v) is 14.9. The molecule has 5 rings (SSSR count). The van der Waals surface area contributed by atoms with Crippen LogP contribution < -0.4 is 10.1 Å². The van der Waals surface area contributed by atoms with Crippen molar-refractivity contribution >= 4 is 11.0 Å². The number of aromatic amines is 1. The second-order valence-corrected chi connectivity index (χ2v) is 6.94. The van der Waals surface area contributed by atoms with E-state index in [-0.39, 0.29) is 0 Å². The van der Waals surface area contributed by atoms with Crippen LogP contribution in [0, 0.1) is 0 Å². The number of ether oxygens (including phenoxy) is 1. The normalized spacial score (nSPS) is 16.8. The van der Waals surface area contributed by atoms with Crippen molar-refractivity contribution < 1.29 is 4.74 Å². The number of aromatic nitrogens is 4. The fourth-order valence-electron chi connectivity index (χ4n) is 3.66. The molecule has 0 aliphatic carbocycles. The lowest BCUT2D eigenvalue weighted by atomic mass is 10.1. The number of fused-ring (bicyclic) bond motifs is 1. The van der Waals surface area contributed by atoms with Gasteiger partial charge in [0, 0.05) is 24.8 Å². The lowest BCUT2D eigenvalue weighted by molar-refractivity contribution is 0.483. The third kappa shape index (κ3) is 3.31. The Hall–Kier alpha value is -3.12. The predicted molar refractivity (Wildman–Crippen MR) is 105 cm³/mol. The molecule has 1 atom stereocenters.